The van der Waals surface area contributed by atoms with Crippen molar-refractivity contribution in [1.82, 2.24) is 4.90 Å². The van der Waals surface area contributed by atoms with Crippen LogP contribution in [0, 0.1) is 12.7 Å². The van der Waals surface area contributed by atoms with Crippen LogP contribution in [-0.2, 0) is 6.54 Å². The van der Waals surface area contributed by atoms with E-state index in [2.05, 4.69) is 4.90 Å². The molecule has 1 saturated heterocycles. The number of benzene rings is 1. The summed E-state index contributed by atoms with van der Waals surface area (Å²) in [6, 6.07) is 5.93. The fourth-order valence-corrected chi connectivity index (χ4v) is 2.18. The zero-order chi connectivity index (χ0) is 11.5. The summed E-state index contributed by atoms with van der Waals surface area (Å²) in [6.07, 6.45) is 2.04. The molecule has 16 heavy (non-hydrogen) atoms. The first kappa shape index (κ1) is 11.6. The van der Waals surface area contributed by atoms with Crippen molar-refractivity contribution in [3.05, 3.63) is 35.1 Å². The Morgan fingerprint density at radius 1 is 1.38 bits per heavy atom. The predicted molar refractivity (Wildman–Crippen MR) is 63.6 cm³/mol. The van der Waals surface area contributed by atoms with Crippen LogP contribution < -0.4 is 5.73 Å². The van der Waals surface area contributed by atoms with Gasteiger partial charge in [0, 0.05) is 18.2 Å². The zero-order valence-electron chi connectivity index (χ0n) is 9.75. The fraction of sp³-hybridized carbons (Fsp3) is 0.538. The molecule has 3 heteroatoms. The number of aryl methyl sites for hydroxylation is 1. The standard InChI is InChI=1S/C13H19FN2/c1-10-3-2-4-11(13(10)14)9-16-7-5-12(15)6-8-16/h2-4,12H,5-9,15H2,1H3. The lowest BCUT2D eigenvalue weighted by molar-refractivity contribution is 0.203. The van der Waals surface area contributed by atoms with Gasteiger partial charge in [-0.15, -0.1) is 0 Å². The van der Waals surface area contributed by atoms with Crippen molar-refractivity contribution in [2.45, 2.75) is 32.4 Å². The van der Waals surface area contributed by atoms with Crippen LogP contribution in [-0.4, -0.2) is 24.0 Å². The van der Waals surface area contributed by atoms with Crippen molar-refractivity contribution in [2.75, 3.05) is 13.1 Å². The molecule has 0 aliphatic carbocycles. The molecule has 0 atom stereocenters. The van der Waals surface area contributed by atoms with E-state index in [1.807, 2.05) is 25.1 Å². The van der Waals surface area contributed by atoms with Gasteiger partial charge in [-0.2, -0.15) is 0 Å². The minimum absolute atomic E-state index is 0.0580. The minimum atomic E-state index is -0.0580. The molecule has 0 saturated carbocycles. The predicted octanol–water partition coefficient (Wildman–Crippen LogP) is 2.06. The third-order valence-corrected chi connectivity index (χ3v) is 3.30. The van der Waals surface area contributed by atoms with Crippen LogP contribution in [0.1, 0.15) is 24.0 Å². The Morgan fingerprint density at radius 3 is 2.75 bits per heavy atom. The van der Waals surface area contributed by atoms with Crippen LogP contribution in [0.5, 0.6) is 0 Å². The first-order chi connectivity index (χ1) is 7.66. The Balaban J connectivity index is 2.01. The van der Waals surface area contributed by atoms with Crippen molar-refractivity contribution in [2.24, 2.45) is 5.73 Å². The molecule has 0 bridgehead atoms. The SMILES string of the molecule is Cc1cccc(CN2CCC(N)CC2)c1F. The summed E-state index contributed by atoms with van der Waals surface area (Å²) in [5, 5.41) is 0. The Hall–Kier alpha value is -0.930. The average molecular weight is 222 g/mol. The zero-order valence-corrected chi connectivity index (χ0v) is 9.75. The maximum atomic E-state index is 13.8. The fourth-order valence-electron chi connectivity index (χ4n) is 2.18. The molecule has 0 aromatic heterocycles. The van der Waals surface area contributed by atoms with Crippen LogP contribution in [0.15, 0.2) is 18.2 Å². The van der Waals surface area contributed by atoms with E-state index in [0.29, 0.717) is 12.6 Å². The van der Waals surface area contributed by atoms with Crippen LogP contribution >= 0.6 is 0 Å². The van der Waals surface area contributed by atoms with E-state index in [4.69, 9.17) is 5.73 Å². The Labute approximate surface area is 96.2 Å². The lowest BCUT2D eigenvalue weighted by atomic mass is 10.0. The molecule has 1 heterocycles. The molecule has 2 nitrogen and oxygen atoms in total. The minimum Gasteiger partial charge on any atom is -0.328 e. The van der Waals surface area contributed by atoms with Crippen molar-refractivity contribution >= 4 is 0 Å². The maximum Gasteiger partial charge on any atom is 0.130 e. The molecule has 88 valence electrons. The first-order valence-electron chi connectivity index (χ1n) is 5.89. The van der Waals surface area contributed by atoms with E-state index in [0.717, 1.165) is 37.1 Å². The van der Waals surface area contributed by atoms with E-state index in [1.54, 1.807) is 0 Å². The van der Waals surface area contributed by atoms with Gasteiger partial charge in [0.1, 0.15) is 5.82 Å². The van der Waals surface area contributed by atoms with Gasteiger partial charge in [0.05, 0.1) is 0 Å². The highest BCUT2D eigenvalue weighted by molar-refractivity contribution is 5.24. The highest BCUT2D eigenvalue weighted by atomic mass is 19.1. The van der Waals surface area contributed by atoms with Crippen LogP contribution in [0.4, 0.5) is 4.39 Å². The van der Waals surface area contributed by atoms with E-state index < -0.39 is 0 Å². The molecule has 1 aromatic carbocycles. The van der Waals surface area contributed by atoms with Crippen molar-refractivity contribution in [1.29, 1.82) is 0 Å². The smallest absolute Gasteiger partial charge is 0.130 e. The van der Waals surface area contributed by atoms with Gasteiger partial charge in [-0.25, -0.2) is 4.39 Å². The van der Waals surface area contributed by atoms with Crippen molar-refractivity contribution in [3.63, 3.8) is 0 Å². The molecule has 1 aromatic rings. The van der Waals surface area contributed by atoms with E-state index in [1.165, 1.54) is 0 Å². The highest BCUT2D eigenvalue weighted by Gasteiger charge is 2.17. The molecule has 1 fully saturated rings. The number of likely N-dealkylation sites (tertiary alicyclic amines) is 1. The number of piperidine rings is 1. The van der Waals surface area contributed by atoms with E-state index in [9.17, 15) is 4.39 Å². The van der Waals surface area contributed by atoms with Gasteiger partial charge in [-0.1, -0.05) is 18.2 Å². The van der Waals surface area contributed by atoms with E-state index >= 15 is 0 Å². The second kappa shape index (κ2) is 4.93. The monoisotopic (exact) mass is 222 g/mol. The summed E-state index contributed by atoms with van der Waals surface area (Å²) in [5.74, 6) is -0.0580. The van der Waals surface area contributed by atoms with Gasteiger partial charge >= 0.3 is 0 Å². The average Bonchev–Trinajstić information content (AvgIpc) is 2.28. The third-order valence-electron chi connectivity index (χ3n) is 3.30. The Bertz CT molecular complexity index is 357. The molecule has 0 radical (unpaired) electrons. The number of hydrogen-bond acceptors (Lipinski definition) is 2. The summed E-state index contributed by atoms with van der Waals surface area (Å²) >= 11 is 0. The second-order valence-electron chi connectivity index (χ2n) is 4.66. The topological polar surface area (TPSA) is 29.3 Å². The van der Waals surface area contributed by atoms with Gasteiger partial charge in [-0.05, 0) is 38.4 Å². The molecule has 0 unspecified atom stereocenters. The molecule has 0 spiro atoms. The molecular formula is C13H19FN2. The quantitative estimate of drug-likeness (QED) is 0.830. The number of halogens is 1. The summed E-state index contributed by atoms with van der Waals surface area (Å²) in [7, 11) is 0. The van der Waals surface area contributed by atoms with Crippen molar-refractivity contribution < 1.29 is 4.39 Å². The number of nitrogens with two attached hydrogens (primary N) is 1. The Morgan fingerprint density at radius 2 is 2.06 bits per heavy atom. The summed E-state index contributed by atoms with van der Waals surface area (Å²) in [6.45, 7) is 4.48. The van der Waals surface area contributed by atoms with Gasteiger partial charge in [0.25, 0.3) is 0 Å². The third kappa shape index (κ3) is 2.60. The molecular weight excluding hydrogens is 203 g/mol. The number of nitrogens with zero attached hydrogens (tertiary/aromatic N) is 1. The van der Waals surface area contributed by atoms with Gasteiger partial charge in [0.2, 0.25) is 0 Å². The lowest BCUT2D eigenvalue weighted by Gasteiger charge is -2.30. The molecule has 1 aliphatic rings. The van der Waals surface area contributed by atoms with Gasteiger partial charge < -0.3 is 5.73 Å². The number of rotatable bonds is 2. The van der Waals surface area contributed by atoms with Crippen molar-refractivity contribution in [3.8, 4) is 0 Å². The summed E-state index contributed by atoms with van der Waals surface area (Å²) in [4.78, 5) is 2.28. The normalized spacial score (nSPS) is 18.9. The molecule has 0 amide bonds. The maximum absolute atomic E-state index is 13.8. The molecule has 2 rings (SSSR count). The van der Waals surface area contributed by atoms with Gasteiger partial charge in [0.15, 0.2) is 0 Å². The van der Waals surface area contributed by atoms with Crippen LogP contribution in [0.25, 0.3) is 0 Å². The van der Waals surface area contributed by atoms with Crippen LogP contribution in [0.3, 0.4) is 0 Å². The number of hydrogen-bond donors (Lipinski definition) is 1. The summed E-state index contributed by atoms with van der Waals surface area (Å²) in [5.41, 5.74) is 7.37. The van der Waals surface area contributed by atoms with Gasteiger partial charge in [-0.3, -0.25) is 4.90 Å². The molecule has 2 N–H and O–H groups in total. The van der Waals surface area contributed by atoms with Crippen LogP contribution in [0.2, 0.25) is 0 Å². The lowest BCUT2D eigenvalue weighted by Crippen LogP contribution is -2.39. The van der Waals surface area contributed by atoms with E-state index in [-0.39, 0.29) is 5.82 Å². The largest absolute Gasteiger partial charge is 0.328 e. The summed E-state index contributed by atoms with van der Waals surface area (Å²) < 4.78 is 13.8. The highest BCUT2D eigenvalue weighted by Crippen LogP contribution is 2.17. The first-order valence-corrected chi connectivity index (χ1v) is 5.89. The Kier molecular flexibility index (Phi) is 3.56. The second-order valence-corrected chi connectivity index (χ2v) is 4.66. The molecule has 1 aliphatic heterocycles.